The van der Waals surface area contributed by atoms with Gasteiger partial charge in [0.15, 0.2) is 0 Å². The standard InChI is InChI=1S/C16H23N3O3S/c1-17-23(21,22)14-7-4-6-13(9-14)19-15(20)16-8-3-2-5-12(16)10-18-11-16/h4,6-7,9,12,17-18H,2-3,5,8,10-11H2,1H3,(H,19,20)/t12-,16+/m0/s1. The normalized spacial score (nSPS) is 27.4. The van der Waals surface area contributed by atoms with Gasteiger partial charge in [0, 0.05) is 12.2 Å². The van der Waals surface area contributed by atoms with Crippen LogP contribution in [0.3, 0.4) is 0 Å². The van der Waals surface area contributed by atoms with Crippen molar-refractivity contribution in [3.05, 3.63) is 24.3 Å². The number of benzene rings is 1. The Morgan fingerprint density at radius 3 is 2.96 bits per heavy atom. The maximum absolute atomic E-state index is 12.9. The number of carbonyl (C=O) groups is 1. The highest BCUT2D eigenvalue weighted by atomic mass is 32.2. The van der Waals surface area contributed by atoms with Gasteiger partial charge in [0.2, 0.25) is 15.9 Å². The van der Waals surface area contributed by atoms with Gasteiger partial charge in [-0.25, -0.2) is 13.1 Å². The van der Waals surface area contributed by atoms with E-state index in [9.17, 15) is 13.2 Å². The van der Waals surface area contributed by atoms with Gasteiger partial charge in [-0.1, -0.05) is 18.9 Å². The predicted molar refractivity (Wildman–Crippen MR) is 88.6 cm³/mol. The molecule has 1 saturated carbocycles. The topological polar surface area (TPSA) is 87.3 Å². The minimum absolute atomic E-state index is 0.00575. The third kappa shape index (κ3) is 3.00. The zero-order valence-electron chi connectivity index (χ0n) is 13.3. The fourth-order valence-corrected chi connectivity index (χ4v) is 4.58. The van der Waals surface area contributed by atoms with Crippen LogP contribution in [0.2, 0.25) is 0 Å². The molecule has 3 N–H and O–H groups in total. The Bertz CT molecular complexity index is 704. The van der Waals surface area contributed by atoms with Gasteiger partial charge in [0.1, 0.15) is 0 Å². The summed E-state index contributed by atoms with van der Waals surface area (Å²) in [6.45, 7) is 1.60. The molecule has 0 bridgehead atoms. The summed E-state index contributed by atoms with van der Waals surface area (Å²) >= 11 is 0. The second-order valence-corrected chi connectivity index (χ2v) is 8.31. The zero-order valence-corrected chi connectivity index (χ0v) is 14.1. The molecule has 23 heavy (non-hydrogen) atoms. The second-order valence-electron chi connectivity index (χ2n) is 6.42. The van der Waals surface area contributed by atoms with Gasteiger partial charge >= 0.3 is 0 Å². The maximum Gasteiger partial charge on any atom is 0.240 e. The SMILES string of the molecule is CNS(=O)(=O)c1cccc(NC(=O)[C@@]23CCCC[C@H]2CNC3)c1. The molecule has 2 atom stereocenters. The molecule has 3 rings (SSSR count). The summed E-state index contributed by atoms with van der Waals surface area (Å²) in [6, 6.07) is 6.38. The monoisotopic (exact) mass is 337 g/mol. The fraction of sp³-hybridized carbons (Fsp3) is 0.562. The van der Waals surface area contributed by atoms with Crippen molar-refractivity contribution in [2.24, 2.45) is 11.3 Å². The van der Waals surface area contributed by atoms with Crippen LogP contribution >= 0.6 is 0 Å². The summed E-state index contributed by atoms with van der Waals surface area (Å²) < 4.78 is 26.1. The number of sulfonamides is 1. The van der Waals surface area contributed by atoms with Crippen LogP contribution in [-0.2, 0) is 14.8 Å². The van der Waals surface area contributed by atoms with Crippen LogP contribution in [0.15, 0.2) is 29.2 Å². The summed E-state index contributed by atoms with van der Waals surface area (Å²) in [7, 11) is -2.14. The molecule has 1 aromatic carbocycles. The van der Waals surface area contributed by atoms with Crippen LogP contribution in [0.25, 0.3) is 0 Å². The van der Waals surface area contributed by atoms with E-state index in [0.29, 0.717) is 18.2 Å². The molecule has 0 unspecified atom stereocenters. The molecule has 0 spiro atoms. The van der Waals surface area contributed by atoms with Gasteiger partial charge in [-0.3, -0.25) is 4.79 Å². The molecular weight excluding hydrogens is 314 g/mol. The molecular formula is C16H23N3O3S. The number of hydrogen-bond donors (Lipinski definition) is 3. The molecule has 6 nitrogen and oxygen atoms in total. The minimum atomic E-state index is -3.51. The first kappa shape index (κ1) is 16.4. The van der Waals surface area contributed by atoms with Crippen molar-refractivity contribution in [2.45, 2.75) is 30.6 Å². The Labute approximate surface area is 137 Å². The molecule has 1 aliphatic carbocycles. The maximum atomic E-state index is 12.9. The van der Waals surface area contributed by atoms with E-state index in [-0.39, 0.29) is 16.2 Å². The molecule has 7 heteroatoms. The lowest BCUT2D eigenvalue weighted by molar-refractivity contribution is -0.128. The lowest BCUT2D eigenvalue weighted by Gasteiger charge is -2.37. The van der Waals surface area contributed by atoms with Crippen LogP contribution in [0.5, 0.6) is 0 Å². The summed E-state index contributed by atoms with van der Waals surface area (Å²) in [5.74, 6) is 0.381. The van der Waals surface area contributed by atoms with Gasteiger partial charge in [-0.2, -0.15) is 0 Å². The molecule has 1 saturated heterocycles. The van der Waals surface area contributed by atoms with Crippen LogP contribution < -0.4 is 15.4 Å². The third-order valence-electron chi connectivity index (χ3n) is 5.16. The van der Waals surface area contributed by atoms with Crippen molar-refractivity contribution < 1.29 is 13.2 Å². The molecule has 1 aliphatic heterocycles. The van der Waals surface area contributed by atoms with E-state index in [2.05, 4.69) is 15.4 Å². The van der Waals surface area contributed by atoms with Crippen molar-refractivity contribution in [3.8, 4) is 0 Å². The Morgan fingerprint density at radius 2 is 2.17 bits per heavy atom. The predicted octanol–water partition coefficient (Wildman–Crippen LogP) is 1.31. The van der Waals surface area contributed by atoms with Gasteiger partial charge in [0.05, 0.1) is 10.3 Å². The number of carbonyl (C=O) groups excluding carboxylic acids is 1. The fourth-order valence-electron chi connectivity index (χ4n) is 3.80. The molecule has 126 valence electrons. The van der Waals surface area contributed by atoms with Crippen LogP contribution in [0.1, 0.15) is 25.7 Å². The van der Waals surface area contributed by atoms with E-state index in [1.54, 1.807) is 12.1 Å². The highest BCUT2D eigenvalue weighted by molar-refractivity contribution is 7.89. The molecule has 1 heterocycles. The molecule has 0 aromatic heterocycles. The zero-order chi connectivity index (χ0) is 16.5. The Balaban J connectivity index is 1.82. The van der Waals surface area contributed by atoms with Crippen molar-refractivity contribution in [2.75, 3.05) is 25.5 Å². The summed E-state index contributed by atoms with van der Waals surface area (Å²) in [5, 5.41) is 6.29. The van der Waals surface area contributed by atoms with E-state index in [0.717, 1.165) is 25.8 Å². The van der Waals surface area contributed by atoms with Crippen molar-refractivity contribution in [3.63, 3.8) is 0 Å². The van der Waals surface area contributed by atoms with Gasteiger partial charge in [-0.15, -0.1) is 0 Å². The highest BCUT2D eigenvalue weighted by Crippen LogP contribution is 2.44. The molecule has 1 aromatic rings. The number of amides is 1. The third-order valence-corrected chi connectivity index (χ3v) is 6.57. The molecule has 1 amide bonds. The minimum Gasteiger partial charge on any atom is -0.326 e. The lowest BCUT2D eigenvalue weighted by atomic mass is 9.67. The second kappa shape index (κ2) is 6.22. The van der Waals surface area contributed by atoms with Gasteiger partial charge < -0.3 is 10.6 Å². The highest BCUT2D eigenvalue weighted by Gasteiger charge is 2.49. The van der Waals surface area contributed by atoms with Crippen molar-refractivity contribution in [1.29, 1.82) is 0 Å². The number of fused-ring (bicyclic) bond motifs is 1. The quantitative estimate of drug-likeness (QED) is 0.773. The number of nitrogens with one attached hydrogen (secondary N) is 3. The van der Waals surface area contributed by atoms with Crippen molar-refractivity contribution >= 4 is 21.6 Å². The Kier molecular flexibility index (Phi) is 4.44. The largest absolute Gasteiger partial charge is 0.326 e. The van der Waals surface area contributed by atoms with Crippen LogP contribution in [-0.4, -0.2) is 34.5 Å². The average molecular weight is 337 g/mol. The average Bonchev–Trinajstić information content (AvgIpc) is 3.00. The van der Waals surface area contributed by atoms with Crippen molar-refractivity contribution in [1.82, 2.24) is 10.0 Å². The van der Waals surface area contributed by atoms with E-state index in [1.165, 1.54) is 25.6 Å². The Hall–Kier alpha value is -1.44. The summed E-state index contributed by atoms with van der Waals surface area (Å²) in [4.78, 5) is 13.0. The molecule has 2 fully saturated rings. The first-order chi connectivity index (χ1) is 11.0. The first-order valence-electron chi connectivity index (χ1n) is 8.04. The van der Waals surface area contributed by atoms with Crippen LogP contribution in [0, 0.1) is 11.3 Å². The molecule has 2 aliphatic rings. The van der Waals surface area contributed by atoms with E-state index < -0.39 is 10.0 Å². The lowest BCUT2D eigenvalue weighted by Crippen LogP contribution is -2.44. The number of anilines is 1. The number of hydrogen-bond acceptors (Lipinski definition) is 4. The first-order valence-corrected chi connectivity index (χ1v) is 9.52. The summed E-state index contributed by atoms with van der Waals surface area (Å²) in [5.41, 5.74) is 0.174. The summed E-state index contributed by atoms with van der Waals surface area (Å²) in [6.07, 6.45) is 4.22. The van der Waals surface area contributed by atoms with Gasteiger partial charge in [-0.05, 0) is 50.6 Å². The van der Waals surface area contributed by atoms with E-state index in [4.69, 9.17) is 0 Å². The van der Waals surface area contributed by atoms with E-state index >= 15 is 0 Å². The van der Waals surface area contributed by atoms with Gasteiger partial charge in [0.25, 0.3) is 0 Å². The molecule has 0 radical (unpaired) electrons. The Morgan fingerprint density at radius 1 is 1.35 bits per heavy atom. The smallest absolute Gasteiger partial charge is 0.240 e. The number of rotatable bonds is 4. The van der Waals surface area contributed by atoms with Crippen LogP contribution in [0.4, 0.5) is 5.69 Å². The van der Waals surface area contributed by atoms with E-state index in [1.807, 2.05) is 0 Å².